The Labute approximate surface area is 111 Å². The number of nitrogens with one attached hydrogen (secondary N) is 1. The summed E-state index contributed by atoms with van der Waals surface area (Å²) in [6, 6.07) is 4.20. The van der Waals surface area contributed by atoms with E-state index in [0.717, 1.165) is 12.8 Å². The molecule has 1 heterocycles. The van der Waals surface area contributed by atoms with Crippen molar-refractivity contribution in [3.05, 3.63) is 29.0 Å². The van der Waals surface area contributed by atoms with Crippen LogP contribution in [0.25, 0.3) is 0 Å². The monoisotopic (exact) mass is 272 g/mol. The molecule has 5 heteroatoms. The van der Waals surface area contributed by atoms with Crippen LogP contribution in [0.3, 0.4) is 0 Å². The predicted molar refractivity (Wildman–Crippen MR) is 71.4 cm³/mol. The maximum absolute atomic E-state index is 13.2. The second kappa shape index (κ2) is 5.87. The van der Waals surface area contributed by atoms with Gasteiger partial charge in [-0.15, -0.1) is 0 Å². The van der Waals surface area contributed by atoms with Crippen LogP contribution in [0.15, 0.2) is 18.2 Å². The molecule has 2 rings (SSSR count). The van der Waals surface area contributed by atoms with Gasteiger partial charge in [-0.1, -0.05) is 11.6 Å². The zero-order valence-corrected chi connectivity index (χ0v) is 11.1. The van der Waals surface area contributed by atoms with Crippen LogP contribution in [0.5, 0.6) is 0 Å². The number of hydrogen-bond acceptors (Lipinski definition) is 3. The van der Waals surface area contributed by atoms with Crippen molar-refractivity contribution in [1.82, 2.24) is 0 Å². The van der Waals surface area contributed by atoms with Gasteiger partial charge in [-0.25, -0.2) is 4.39 Å². The standard InChI is InChI=1S/C13H18ClFN2O/c1-8-2-5-13(18-8)12(7-16)17-11-6-9(15)3-4-10(11)14/h3-4,6,8,12-13,17H,2,5,7,16H2,1H3. The van der Waals surface area contributed by atoms with Crippen LogP contribution in [0.4, 0.5) is 10.1 Å². The Morgan fingerprint density at radius 1 is 1.56 bits per heavy atom. The molecule has 0 aromatic heterocycles. The molecular formula is C13H18ClFN2O. The van der Waals surface area contributed by atoms with Crippen molar-refractivity contribution in [1.29, 1.82) is 0 Å². The molecule has 0 radical (unpaired) electrons. The van der Waals surface area contributed by atoms with Gasteiger partial charge in [0.15, 0.2) is 0 Å². The first-order valence-corrected chi connectivity index (χ1v) is 6.55. The summed E-state index contributed by atoms with van der Waals surface area (Å²) in [5.41, 5.74) is 6.32. The normalized spacial score (nSPS) is 25.1. The van der Waals surface area contributed by atoms with Crippen molar-refractivity contribution in [2.45, 2.75) is 38.0 Å². The SMILES string of the molecule is CC1CCC(C(CN)Nc2cc(F)ccc2Cl)O1. The van der Waals surface area contributed by atoms with Crippen LogP contribution in [-0.2, 0) is 4.74 Å². The molecule has 3 atom stereocenters. The molecule has 3 nitrogen and oxygen atoms in total. The van der Waals surface area contributed by atoms with Crippen LogP contribution >= 0.6 is 11.6 Å². The molecule has 0 spiro atoms. The highest BCUT2D eigenvalue weighted by molar-refractivity contribution is 6.33. The fourth-order valence-electron chi connectivity index (χ4n) is 2.24. The number of ether oxygens (including phenoxy) is 1. The fraction of sp³-hybridized carbons (Fsp3) is 0.538. The number of halogens is 2. The fourth-order valence-corrected chi connectivity index (χ4v) is 2.41. The van der Waals surface area contributed by atoms with Gasteiger partial charge in [0.25, 0.3) is 0 Å². The molecule has 0 saturated carbocycles. The second-order valence-electron chi connectivity index (χ2n) is 4.67. The van der Waals surface area contributed by atoms with Crippen LogP contribution < -0.4 is 11.1 Å². The summed E-state index contributed by atoms with van der Waals surface area (Å²) >= 11 is 6.02. The first-order valence-electron chi connectivity index (χ1n) is 6.17. The van der Waals surface area contributed by atoms with Crippen molar-refractivity contribution in [2.24, 2.45) is 5.73 Å². The van der Waals surface area contributed by atoms with Gasteiger partial charge < -0.3 is 15.8 Å². The highest BCUT2D eigenvalue weighted by Crippen LogP contribution is 2.27. The Morgan fingerprint density at radius 3 is 2.94 bits per heavy atom. The number of benzene rings is 1. The lowest BCUT2D eigenvalue weighted by molar-refractivity contribution is 0.0460. The van der Waals surface area contributed by atoms with E-state index in [4.69, 9.17) is 22.1 Å². The van der Waals surface area contributed by atoms with Crippen molar-refractivity contribution in [2.75, 3.05) is 11.9 Å². The molecule has 1 saturated heterocycles. The Morgan fingerprint density at radius 2 is 2.33 bits per heavy atom. The van der Waals surface area contributed by atoms with E-state index in [1.165, 1.54) is 18.2 Å². The van der Waals surface area contributed by atoms with Gasteiger partial charge in [0.2, 0.25) is 0 Å². The summed E-state index contributed by atoms with van der Waals surface area (Å²) in [6.45, 7) is 2.47. The molecule has 0 bridgehead atoms. The lowest BCUT2D eigenvalue weighted by atomic mass is 10.1. The molecule has 3 unspecified atom stereocenters. The molecule has 0 aliphatic carbocycles. The minimum Gasteiger partial charge on any atom is -0.377 e. The Bertz CT molecular complexity index is 416. The topological polar surface area (TPSA) is 47.3 Å². The molecule has 100 valence electrons. The van der Waals surface area contributed by atoms with Gasteiger partial charge in [-0.3, -0.25) is 0 Å². The first-order chi connectivity index (χ1) is 8.60. The third kappa shape index (κ3) is 3.13. The van der Waals surface area contributed by atoms with E-state index in [-0.39, 0.29) is 24.1 Å². The summed E-state index contributed by atoms with van der Waals surface area (Å²) in [5, 5.41) is 3.67. The summed E-state index contributed by atoms with van der Waals surface area (Å²) in [4.78, 5) is 0. The molecule has 1 aliphatic rings. The van der Waals surface area contributed by atoms with E-state index in [1.807, 2.05) is 6.92 Å². The average Bonchev–Trinajstić information content (AvgIpc) is 2.77. The number of rotatable bonds is 4. The molecule has 3 N–H and O–H groups in total. The van der Waals surface area contributed by atoms with Gasteiger partial charge in [0.1, 0.15) is 5.82 Å². The number of nitrogens with two attached hydrogens (primary N) is 1. The molecule has 1 aromatic rings. The van der Waals surface area contributed by atoms with Crippen LogP contribution in [0.1, 0.15) is 19.8 Å². The third-order valence-electron chi connectivity index (χ3n) is 3.24. The van der Waals surface area contributed by atoms with Crippen molar-refractivity contribution >= 4 is 17.3 Å². The Balaban J connectivity index is 2.08. The molecular weight excluding hydrogens is 255 g/mol. The zero-order chi connectivity index (χ0) is 13.1. The maximum Gasteiger partial charge on any atom is 0.125 e. The smallest absolute Gasteiger partial charge is 0.125 e. The van der Waals surface area contributed by atoms with E-state index < -0.39 is 0 Å². The van der Waals surface area contributed by atoms with Crippen LogP contribution in [0.2, 0.25) is 5.02 Å². The maximum atomic E-state index is 13.2. The van der Waals surface area contributed by atoms with Gasteiger partial charge in [0, 0.05) is 6.54 Å². The first kappa shape index (κ1) is 13.6. The molecule has 1 fully saturated rings. The lowest BCUT2D eigenvalue weighted by Gasteiger charge is -2.25. The van der Waals surface area contributed by atoms with E-state index in [0.29, 0.717) is 17.3 Å². The van der Waals surface area contributed by atoms with Gasteiger partial charge >= 0.3 is 0 Å². The van der Waals surface area contributed by atoms with Crippen LogP contribution in [-0.4, -0.2) is 24.8 Å². The van der Waals surface area contributed by atoms with Crippen LogP contribution in [0, 0.1) is 5.82 Å². The number of hydrogen-bond donors (Lipinski definition) is 2. The van der Waals surface area contributed by atoms with Crippen molar-refractivity contribution in [3.63, 3.8) is 0 Å². The highest BCUT2D eigenvalue weighted by Gasteiger charge is 2.29. The molecule has 18 heavy (non-hydrogen) atoms. The quantitative estimate of drug-likeness (QED) is 0.886. The molecule has 1 aliphatic heterocycles. The molecule has 1 aromatic carbocycles. The van der Waals surface area contributed by atoms with Gasteiger partial charge in [-0.05, 0) is 38.0 Å². The van der Waals surface area contributed by atoms with Gasteiger partial charge in [-0.2, -0.15) is 0 Å². The average molecular weight is 273 g/mol. The third-order valence-corrected chi connectivity index (χ3v) is 3.57. The van der Waals surface area contributed by atoms with E-state index in [1.54, 1.807) is 0 Å². The second-order valence-corrected chi connectivity index (χ2v) is 5.08. The Kier molecular flexibility index (Phi) is 4.43. The number of anilines is 1. The summed E-state index contributed by atoms with van der Waals surface area (Å²) < 4.78 is 19.0. The summed E-state index contributed by atoms with van der Waals surface area (Å²) in [5.74, 6) is -0.321. The lowest BCUT2D eigenvalue weighted by Crippen LogP contribution is -2.40. The zero-order valence-electron chi connectivity index (χ0n) is 10.3. The largest absolute Gasteiger partial charge is 0.377 e. The van der Waals surface area contributed by atoms with E-state index >= 15 is 0 Å². The van der Waals surface area contributed by atoms with E-state index in [9.17, 15) is 4.39 Å². The van der Waals surface area contributed by atoms with Crippen molar-refractivity contribution < 1.29 is 9.13 Å². The Hall–Kier alpha value is -0.840. The highest BCUT2D eigenvalue weighted by atomic mass is 35.5. The minimum atomic E-state index is -0.321. The minimum absolute atomic E-state index is 0.0470. The van der Waals surface area contributed by atoms with Gasteiger partial charge in [0.05, 0.1) is 29.0 Å². The summed E-state index contributed by atoms with van der Waals surface area (Å²) in [6.07, 6.45) is 2.31. The molecule has 0 amide bonds. The summed E-state index contributed by atoms with van der Waals surface area (Å²) in [7, 11) is 0. The predicted octanol–water partition coefficient (Wildman–Crippen LogP) is 2.79. The van der Waals surface area contributed by atoms with Crippen molar-refractivity contribution in [3.8, 4) is 0 Å². The van der Waals surface area contributed by atoms with E-state index in [2.05, 4.69) is 5.32 Å².